The van der Waals surface area contributed by atoms with Crippen molar-refractivity contribution in [3.05, 3.63) is 52.5 Å². The number of carbonyl (C=O) groups excluding carboxylic acids is 1. The van der Waals surface area contributed by atoms with Crippen LogP contribution in [-0.2, 0) is 4.79 Å². The lowest BCUT2D eigenvalue weighted by molar-refractivity contribution is -0.113. The summed E-state index contributed by atoms with van der Waals surface area (Å²) in [5.74, 6) is 1.60. The predicted molar refractivity (Wildman–Crippen MR) is 118 cm³/mol. The van der Waals surface area contributed by atoms with Gasteiger partial charge in [-0.15, -0.1) is 5.10 Å². The SMILES string of the molecule is COc1ccc(Cl)cc1-c1nc(SCC(=O)Nc2c(C)cccc2C(C)C)n[nH]1. The second-order valence-corrected chi connectivity index (χ2v) is 8.22. The Balaban J connectivity index is 1.68. The smallest absolute Gasteiger partial charge is 0.234 e. The summed E-state index contributed by atoms with van der Waals surface area (Å²) in [5.41, 5.74) is 3.76. The fourth-order valence-corrected chi connectivity index (χ4v) is 3.72. The van der Waals surface area contributed by atoms with Crippen LogP contribution >= 0.6 is 23.4 Å². The van der Waals surface area contributed by atoms with Crippen LogP contribution in [-0.4, -0.2) is 34.0 Å². The lowest BCUT2D eigenvalue weighted by atomic mass is 9.98. The number of aromatic nitrogens is 3. The monoisotopic (exact) mass is 430 g/mol. The van der Waals surface area contributed by atoms with Gasteiger partial charge in [-0.2, -0.15) is 0 Å². The van der Waals surface area contributed by atoms with E-state index in [1.165, 1.54) is 11.8 Å². The van der Waals surface area contributed by atoms with Gasteiger partial charge in [0.05, 0.1) is 18.4 Å². The summed E-state index contributed by atoms with van der Waals surface area (Å²) in [6.45, 7) is 6.21. The first-order chi connectivity index (χ1) is 13.9. The molecule has 1 amide bonds. The third-order valence-corrected chi connectivity index (χ3v) is 5.49. The number of amides is 1. The number of hydrogen-bond donors (Lipinski definition) is 2. The highest BCUT2D eigenvalue weighted by molar-refractivity contribution is 7.99. The predicted octanol–water partition coefficient (Wildman–Crippen LogP) is 5.30. The highest BCUT2D eigenvalue weighted by atomic mass is 35.5. The number of H-pyrrole nitrogens is 1. The standard InChI is InChI=1S/C21H23ClN4O2S/c1-12(2)15-7-5-6-13(3)19(15)23-18(27)11-29-21-24-20(25-26-21)16-10-14(22)8-9-17(16)28-4/h5-10,12H,11H2,1-4H3,(H,23,27)(H,24,25,26). The van der Waals surface area contributed by atoms with Gasteiger partial charge in [-0.25, -0.2) is 4.98 Å². The number of benzene rings is 2. The minimum absolute atomic E-state index is 0.0992. The van der Waals surface area contributed by atoms with Crippen LogP contribution in [0.1, 0.15) is 30.9 Å². The summed E-state index contributed by atoms with van der Waals surface area (Å²) in [7, 11) is 1.58. The molecule has 2 N–H and O–H groups in total. The van der Waals surface area contributed by atoms with Crippen molar-refractivity contribution >= 4 is 35.0 Å². The Morgan fingerprint density at radius 1 is 1.31 bits per heavy atom. The zero-order valence-electron chi connectivity index (χ0n) is 16.7. The van der Waals surface area contributed by atoms with E-state index in [1.54, 1.807) is 25.3 Å². The van der Waals surface area contributed by atoms with Gasteiger partial charge in [0, 0.05) is 10.7 Å². The average molecular weight is 431 g/mol. The van der Waals surface area contributed by atoms with Gasteiger partial charge in [-0.3, -0.25) is 9.89 Å². The number of nitrogens with one attached hydrogen (secondary N) is 2. The second kappa shape index (κ2) is 9.33. The van der Waals surface area contributed by atoms with E-state index in [2.05, 4.69) is 34.3 Å². The highest BCUT2D eigenvalue weighted by Crippen LogP contribution is 2.31. The Bertz CT molecular complexity index is 1020. The molecule has 0 atom stereocenters. The molecule has 0 spiro atoms. The van der Waals surface area contributed by atoms with Gasteiger partial charge >= 0.3 is 0 Å². The van der Waals surface area contributed by atoms with Gasteiger partial charge in [0.25, 0.3) is 0 Å². The number of aryl methyl sites for hydroxylation is 1. The number of methoxy groups -OCH3 is 1. The van der Waals surface area contributed by atoms with Crippen LogP contribution in [0.3, 0.4) is 0 Å². The van der Waals surface area contributed by atoms with E-state index in [4.69, 9.17) is 16.3 Å². The summed E-state index contributed by atoms with van der Waals surface area (Å²) in [6, 6.07) is 11.3. The van der Waals surface area contributed by atoms with Crippen LogP contribution in [0.5, 0.6) is 5.75 Å². The van der Waals surface area contributed by atoms with Gasteiger partial charge in [-0.05, 0) is 42.2 Å². The van der Waals surface area contributed by atoms with Crippen molar-refractivity contribution in [2.75, 3.05) is 18.2 Å². The van der Waals surface area contributed by atoms with E-state index in [0.717, 1.165) is 16.8 Å². The van der Waals surface area contributed by atoms with Crippen LogP contribution in [0, 0.1) is 6.92 Å². The van der Waals surface area contributed by atoms with Crippen molar-refractivity contribution < 1.29 is 9.53 Å². The lowest BCUT2D eigenvalue weighted by Crippen LogP contribution is -2.16. The summed E-state index contributed by atoms with van der Waals surface area (Å²) in [5, 5.41) is 11.1. The second-order valence-electron chi connectivity index (χ2n) is 6.84. The molecular weight excluding hydrogens is 408 g/mol. The van der Waals surface area contributed by atoms with Gasteiger partial charge in [0.2, 0.25) is 11.1 Å². The molecule has 29 heavy (non-hydrogen) atoms. The Kier molecular flexibility index (Phi) is 6.82. The van der Waals surface area contributed by atoms with Crippen molar-refractivity contribution in [3.63, 3.8) is 0 Å². The van der Waals surface area contributed by atoms with Crippen molar-refractivity contribution in [2.24, 2.45) is 0 Å². The molecule has 0 bridgehead atoms. The molecule has 1 aromatic heterocycles. The van der Waals surface area contributed by atoms with E-state index in [-0.39, 0.29) is 11.7 Å². The number of para-hydroxylation sites is 1. The molecule has 1 heterocycles. The van der Waals surface area contributed by atoms with Crippen LogP contribution in [0.2, 0.25) is 5.02 Å². The first kappa shape index (κ1) is 21.2. The molecule has 0 fully saturated rings. The molecule has 0 unspecified atom stereocenters. The Morgan fingerprint density at radius 3 is 2.83 bits per heavy atom. The van der Waals surface area contributed by atoms with E-state index in [0.29, 0.717) is 33.2 Å². The number of aromatic amines is 1. The summed E-state index contributed by atoms with van der Waals surface area (Å²) >= 11 is 7.34. The molecule has 0 saturated carbocycles. The van der Waals surface area contributed by atoms with Gasteiger partial charge < -0.3 is 10.1 Å². The molecule has 0 saturated heterocycles. The number of ether oxygens (including phenoxy) is 1. The molecule has 0 aliphatic heterocycles. The minimum Gasteiger partial charge on any atom is -0.496 e. The number of carbonyl (C=O) groups is 1. The molecule has 3 aromatic rings. The molecule has 6 nitrogen and oxygen atoms in total. The molecular formula is C21H23ClN4O2S. The zero-order valence-corrected chi connectivity index (χ0v) is 18.3. The molecule has 3 rings (SSSR count). The summed E-state index contributed by atoms with van der Waals surface area (Å²) in [4.78, 5) is 16.9. The molecule has 0 aliphatic carbocycles. The first-order valence-corrected chi connectivity index (χ1v) is 10.5. The maximum absolute atomic E-state index is 12.5. The van der Waals surface area contributed by atoms with Crippen LogP contribution in [0.4, 0.5) is 5.69 Å². The van der Waals surface area contributed by atoms with Crippen molar-refractivity contribution in [3.8, 4) is 17.1 Å². The van der Waals surface area contributed by atoms with Crippen molar-refractivity contribution in [1.82, 2.24) is 15.2 Å². The fraction of sp³-hybridized carbons (Fsp3) is 0.286. The third-order valence-electron chi connectivity index (χ3n) is 4.41. The molecule has 152 valence electrons. The van der Waals surface area contributed by atoms with E-state index in [9.17, 15) is 4.79 Å². The number of halogens is 1. The van der Waals surface area contributed by atoms with Crippen LogP contribution in [0.15, 0.2) is 41.6 Å². The van der Waals surface area contributed by atoms with E-state index in [1.807, 2.05) is 25.1 Å². The average Bonchev–Trinajstić information content (AvgIpc) is 3.16. The minimum atomic E-state index is -0.0992. The number of nitrogens with zero attached hydrogens (tertiary/aromatic N) is 2. The summed E-state index contributed by atoms with van der Waals surface area (Å²) in [6.07, 6.45) is 0. The Morgan fingerprint density at radius 2 is 2.10 bits per heavy atom. The summed E-state index contributed by atoms with van der Waals surface area (Å²) < 4.78 is 5.35. The van der Waals surface area contributed by atoms with Gasteiger partial charge in [0.15, 0.2) is 5.82 Å². The Hall–Kier alpha value is -2.51. The molecule has 2 aromatic carbocycles. The maximum Gasteiger partial charge on any atom is 0.234 e. The molecule has 0 radical (unpaired) electrons. The van der Waals surface area contributed by atoms with Crippen LogP contribution in [0.25, 0.3) is 11.4 Å². The third kappa shape index (κ3) is 5.10. The van der Waals surface area contributed by atoms with Gasteiger partial charge in [0.1, 0.15) is 5.75 Å². The largest absolute Gasteiger partial charge is 0.496 e. The highest BCUT2D eigenvalue weighted by Gasteiger charge is 2.15. The van der Waals surface area contributed by atoms with Gasteiger partial charge in [-0.1, -0.05) is 55.4 Å². The number of anilines is 1. The van der Waals surface area contributed by atoms with E-state index >= 15 is 0 Å². The Labute approximate surface area is 179 Å². The maximum atomic E-state index is 12.5. The zero-order chi connectivity index (χ0) is 21.0. The van der Waals surface area contributed by atoms with Crippen molar-refractivity contribution in [1.29, 1.82) is 0 Å². The normalized spacial score (nSPS) is 11.0. The number of thioether (sulfide) groups is 1. The van der Waals surface area contributed by atoms with Crippen molar-refractivity contribution in [2.45, 2.75) is 31.8 Å². The van der Waals surface area contributed by atoms with Crippen LogP contribution < -0.4 is 10.1 Å². The van der Waals surface area contributed by atoms with E-state index < -0.39 is 0 Å². The lowest BCUT2D eigenvalue weighted by Gasteiger charge is -2.16. The molecule has 8 heteroatoms. The fourth-order valence-electron chi connectivity index (χ4n) is 2.94. The molecule has 0 aliphatic rings. The quantitative estimate of drug-likeness (QED) is 0.497. The number of hydrogen-bond acceptors (Lipinski definition) is 5. The topological polar surface area (TPSA) is 79.9 Å². The first-order valence-electron chi connectivity index (χ1n) is 9.17. The number of rotatable bonds is 7.